The van der Waals surface area contributed by atoms with E-state index in [4.69, 9.17) is 0 Å². The summed E-state index contributed by atoms with van der Waals surface area (Å²) in [5, 5.41) is 9.93. The van der Waals surface area contributed by atoms with Gasteiger partial charge in [-0.05, 0) is 23.8 Å². The maximum Gasteiger partial charge on any atom is 0.272 e. The van der Waals surface area contributed by atoms with Crippen molar-refractivity contribution < 1.29 is 13.2 Å². The van der Waals surface area contributed by atoms with Crippen LogP contribution in [-0.2, 0) is 0 Å². The lowest BCUT2D eigenvalue weighted by Gasteiger charge is -2.26. The topological polar surface area (TPSA) is 57.8 Å². The number of halogens is 3. The molecule has 7 heteroatoms. The smallest absolute Gasteiger partial charge is 0.272 e. The Balaban J connectivity index is 2.00. The molecular formula is C16H10F3N3O. The molecule has 4 nitrogen and oxygen atoms in total. The Kier molecular flexibility index (Phi) is 2.90. The molecule has 116 valence electrons. The largest absolute Gasteiger partial charge is 0.383 e. The summed E-state index contributed by atoms with van der Waals surface area (Å²) in [6.45, 7) is 0.257. The van der Waals surface area contributed by atoms with Gasteiger partial charge in [0.15, 0.2) is 0 Å². The van der Waals surface area contributed by atoms with Crippen LogP contribution >= 0.6 is 0 Å². The highest BCUT2D eigenvalue weighted by atomic mass is 19.1. The predicted molar refractivity (Wildman–Crippen MR) is 79.0 cm³/mol. The third-order valence-electron chi connectivity index (χ3n) is 4.05. The molecule has 0 fully saturated rings. The molecule has 0 saturated carbocycles. The first-order valence-corrected chi connectivity index (χ1v) is 6.95. The van der Waals surface area contributed by atoms with Crippen LogP contribution in [0.2, 0.25) is 0 Å². The van der Waals surface area contributed by atoms with E-state index in [-0.39, 0.29) is 17.5 Å². The molecule has 1 atom stereocenters. The average molecular weight is 317 g/mol. The molecular weight excluding hydrogens is 307 g/mol. The monoisotopic (exact) mass is 317 g/mol. The fraction of sp³-hybridized carbons (Fsp3) is 0.125. The van der Waals surface area contributed by atoms with Gasteiger partial charge in [-0.1, -0.05) is 6.07 Å². The Hall–Kier alpha value is -2.83. The summed E-state index contributed by atoms with van der Waals surface area (Å²) >= 11 is 0. The average Bonchev–Trinajstić information content (AvgIpc) is 2.51. The van der Waals surface area contributed by atoms with Gasteiger partial charge in [-0.15, -0.1) is 0 Å². The van der Waals surface area contributed by atoms with Crippen molar-refractivity contribution in [2.24, 2.45) is 0 Å². The van der Waals surface area contributed by atoms with E-state index in [1.54, 1.807) is 0 Å². The summed E-state index contributed by atoms with van der Waals surface area (Å²) in [7, 11) is 0. The van der Waals surface area contributed by atoms with Crippen LogP contribution < -0.4 is 10.9 Å². The minimum atomic E-state index is -0.691. The fourth-order valence-corrected chi connectivity index (χ4v) is 3.03. The Morgan fingerprint density at radius 1 is 1.09 bits per heavy atom. The molecule has 0 bridgehead atoms. The molecule has 0 unspecified atom stereocenters. The van der Waals surface area contributed by atoms with Gasteiger partial charge in [0, 0.05) is 29.6 Å². The van der Waals surface area contributed by atoms with Crippen LogP contribution in [0.4, 0.5) is 18.9 Å². The number of anilines is 1. The molecule has 2 N–H and O–H groups in total. The van der Waals surface area contributed by atoms with Crippen molar-refractivity contribution in [3.05, 3.63) is 69.4 Å². The number of rotatable bonds is 1. The van der Waals surface area contributed by atoms with Crippen molar-refractivity contribution in [3.8, 4) is 0 Å². The summed E-state index contributed by atoms with van der Waals surface area (Å²) in [4.78, 5) is 11.9. The Morgan fingerprint density at radius 3 is 2.70 bits per heavy atom. The van der Waals surface area contributed by atoms with Gasteiger partial charge in [0.25, 0.3) is 5.56 Å². The molecule has 0 radical (unpaired) electrons. The lowest BCUT2D eigenvalue weighted by Crippen LogP contribution is -2.25. The molecule has 0 aliphatic carbocycles. The van der Waals surface area contributed by atoms with Gasteiger partial charge in [-0.25, -0.2) is 18.3 Å². The molecule has 0 amide bonds. The lowest BCUT2D eigenvalue weighted by molar-refractivity contribution is 0.563. The minimum absolute atomic E-state index is 0.143. The summed E-state index contributed by atoms with van der Waals surface area (Å²) in [6, 6.07) is 5.71. The first-order valence-electron chi connectivity index (χ1n) is 6.95. The summed E-state index contributed by atoms with van der Waals surface area (Å²) in [5.41, 5.74) is 0.604. The van der Waals surface area contributed by atoms with Crippen molar-refractivity contribution in [1.29, 1.82) is 0 Å². The van der Waals surface area contributed by atoms with Gasteiger partial charge >= 0.3 is 0 Å². The van der Waals surface area contributed by atoms with E-state index in [0.29, 0.717) is 16.8 Å². The van der Waals surface area contributed by atoms with Crippen molar-refractivity contribution in [2.75, 3.05) is 11.9 Å². The normalized spacial score (nSPS) is 16.4. The van der Waals surface area contributed by atoms with E-state index < -0.39 is 28.9 Å². The molecule has 2 aromatic carbocycles. The fourth-order valence-electron chi connectivity index (χ4n) is 3.03. The number of benzene rings is 2. The van der Waals surface area contributed by atoms with Crippen LogP contribution in [0.5, 0.6) is 0 Å². The second kappa shape index (κ2) is 4.84. The van der Waals surface area contributed by atoms with Gasteiger partial charge in [0.05, 0.1) is 11.1 Å². The van der Waals surface area contributed by atoms with Gasteiger partial charge in [-0.2, -0.15) is 5.10 Å². The maximum absolute atomic E-state index is 14.1. The van der Waals surface area contributed by atoms with Crippen LogP contribution in [0.15, 0.2) is 35.1 Å². The number of hydrogen-bond donors (Lipinski definition) is 2. The molecule has 2 heterocycles. The van der Waals surface area contributed by atoms with Crippen molar-refractivity contribution in [1.82, 2.24) is 10.2 Å². The second-order valence-corrected chi connectivity index (χ2v) is 5.41. The number of hydrogen-bond acceptors (Lipinski definition) is 3. The molecule has 0 spiro atoms. The number of nitrogens with one attached hydrogen (secondary N) is 2. The quantitative estimate of drug-likeness (QED) is 0.725. The van der Waals surface area contributed by atoms with Crippen LogP contribution in [0.1, 0.15) is 17.2 Å². The third-order valence-corrected chi connectivity index (χ3v) is 4.05. The van der Waals surface area contributed by atoms with Crippen molar-refractivity contribution >= 4 is 16.5 Å². The van der Waals surface area contributed by atoms with E-state index in [1.165, 1.54) is 18.2 Å². The molecule has 1 aliphatic rings. The van der Waals surface area contributed by atoms with E-state index in [0.717, 1.165) is 12.1 Å². The highest BCUT2D eigenvalue weighted by Crippen LogP contribution is 2.37. The first-order chi connectivity index (χ1) is 11.0. The highest BCUT2D eigenvalue weighted by Gasteiger charge is 2.28. The van der Waals surface area contributed by atoms with E-state index in [1.807, 2.05) is 0 Å². The Bertz CT molecular complexity index is 1000. The second-order valence-electron chi connectivity index (χ2n) is 5.41. The Morgan fingerprint density at radius 2 is 1.91 bits per heavy atom. The van der Waals surface area contributed by atoms with Crippen LogP contribution in [0.25, 0.3) is 10.8 Å². The zero-order chi connectivity index (χ0) is 16.1. The Labute approximate surface area is 128 Å². The molecule has 4 rings (SSSR count). The minimum Gasteiger partial charge on any atom is -0.383 e. The van der Waals surface area contributed by atoms with Gasteiger partial charge in [0.1, 0.15) is 17.5 Å². The maximum atomic E-state index is 14.1. The molecule has 3 aromatic rings. The highest BCUT2D eigenvalue weighted by molar-refractivity contribution is 5.97. The van der Waals surface area contributed by atoms with E-state index in [2.05, 4.69) is 15.5 Å². The van der Waals surface area contributed by atoms with Crippen LogP contribution in [-0.4, -0.2) is 16.7 Å². The molecule has 23 heavy (non-hydrogen) atoms. The number of H-pyrrole nitrogens is 1. The molecule has 1 aromatic heterocycles. The summed E-state index contributed by atoms with van der Waals surface area (Å²) in [5.74, 6) is -2.43. The van der Waals surface area contributed by atoms with Crippen molar-refractivity contribution in [3.63, 3.8) is 0 Å². The van der Waals surface area contributed by atoms with Crippen LogP contribution in [0.3, 0.4) is 0 Å². The summed E-state index contributed by atoms with van der Waals surface area (Å²) < 4.78 is 40.9. The predicted octanol–water partition coefficient (Wildman–Crippen LogP) is 2.90. The summed E-state index contributed by atoms with van der Waals surface area (Å²) in [6.07, 6.45) is 0. The third kappa shape index (κ3) is 2.08. The van der Waals surface area contributed by atoms with Gasteiger partial charge in [0.2, 0.25) is 0 Å². The van der Waals surface area contributed by atoms with E-state index >= 15 is 0 Å². The van der Waals surface area contributed by atoms with Gasteiger partial charge < -0.3 is 5.32 Å². The lowest BCUT2D eigenvalue weighted by atomic mass is 9.88. The van der Waals surface area contributed by atoms with Crippen LogP contribution in [0, 0.1) is 17.5 Å². The zero-order valence-corrected chi connectivity index (χ0v) is 11.7. The van der Waals surface area contributed by atoms with E-state index in [9.17, 15) is 18.0 Å². The molecule has 0 saturated heterocycles. The van der Waals surface area contributed by atoms with Crippen molar-refractivity contribution in [2.45, 2.75) is 5.92 Å². The first kappa shape index (κ1) is 13.8. The number of nitrogens with zero attached hydrogens (tertiary/aromatic N) is 1. The molecule has 1 aliphatic heterocycles. The number of aromatic nitrogens is 2. The zero-order valence-electron chi connectivity index (χ0n) is 11.7. The SMILES string of the molecule is O=c1[nH]nc2c3c(cc(F)cc13)NC[C@H]2c1ccc(F)cc1F. The van der Waals surface area contributed by atoms with Gasteiger partial charge in [-0.3, -0.25) is 4.79 Å². The number of aromatic amines is 1. The standard InChI is InChI=1S/C16H10F3N3O/c17-7-1-2-9(12(19)4-7)11-6-20-13-5-8(18)3-10-14(13)15(11)21-22-16(10)23/h1-5,11,20H,6H2,(H,22,23)/t11-/m0/s1.